The van der Waals surface area contributed by atoms with Crippen LogP contribution >= 0.6 is 0 Å². The number of anilines is 1. The molecule has 3 amide bonds. The van der Waals surface area contributed by atoms with Crippen molar-refractivity contribution in [2.24, 2.45) is 35.5 Å². The van der Waals surface area contributed by atoms with Crippen molar-refractivity contribution >= 4 is 29.1 Å². The molecule has 1 aliphatic heterocycles. The van der Waals surface area contributed by atoms with Crippen LogP contribution in [0, 0.1) is 45.6 Å². The summed E-state index contributed by atoms with van der Waals surface area (Å²) in [6.45, 7) is 0. The van der Waals surface area contributed by atoms with E-state index < -0.39 is 16.9 Å². The van der Waals surface area contributed by atoms with E-state index in [-0.39, 0.29) is 47.6 Å². The van der Waals surface area contributed by atoms with Crippen LogP contribution in [0.5, 0.6) is 0 Å². The average molecular weight is 457 g/mol. The Morgan fingerprint density at radius 3 is 2.12 bits per heavy atom. The Balaban J connectivity index is 1.30. The first-order valence-corrected chi connectivity index (χ1v) is 11.6. The maximum Gasteiger partial charge on any atom is 0.269 e. The van der Waals surface area contributed by atoms with Crippen LogP contribution in [-0.4, -0.2) is 33.6 Å². The van der Waals surface area contributed by atoms with Crippen LogP contribution in [0.25, 0.3) is 0 Å². The van der Waals surface area contributed by atoms with Gasteiger partial charge in [0, 0.05) is 24.2 Å². The average Bonchev–Trinajstić information content (AvgIpc) is 3.62. The largest absolute Gasteiger partial charge is 0.324 e. The number of amides is 3. The van der Waals surface area contributed by atoms with Gasteiger partial charge in [-0.05, 0) is 47.8 Å². The van der Waals surface area contributed by atoms with Crippen LogP contribution in [0.2, 0.25) is 0 Å². The highest BCUT2D eigenvalue weighted by Crippen LogP contribution is 2.65. The van der Waals surface area contributed by atoms with E-state index in [1.807, 2.05) is 30.3 Å². The van der Waals surface area contributed by atoms with Gasteiger partial charge in [0.1, 0.15) is 6.04 Å². The van der Waals surface area contributed by atoms with E-state index in [0.29, 0.717) is 17.5 Å². The summed E-state index contributed by atoms with van der Waals surface area (Å²) in [5, 5.41) is 13.7. The lowest BCUT2D eigenvalue weighted by Crippen LogP contribution is -2.49. The Labute approximate surface area is 195 Å². The zero-order chi connectivity index (χ0) is 23.6. The van der Waals surface area contributed by atoms with Crippen molar-refractivity contribution in [2.75, 3.05) is 5.32 Å². The number of hydrogen-bond acceptors (Lipinski definition) is 5. The van der Waals surface area contributed by atoms with E-state index in [4.69, 9.17) is 0 Å². The summed E-state index contributed by atoms with van der Waals surface area (Å²) in [6.07, 6.45) is 5.49. The topological polar surface area (TPSA) is 110 Å². The third-order valence-electron chi connectivity index (χ3n) is 7.93. The smallest absolute Gasteiger partial charge is 0.269 e. The Kier molecular flexibility index (Phi) is 4.65. The first-order chi connectivity index (χ1) is 16.4. The van der Waals surface area contributed by atoms with Crippen LogP contribution in [0.1, 0.15) is 12.0 Å². The van der Waals surface area contributed by atoms with Crippen molar-refractivity contribution in [1.29, 1.82) is 0 Å². The lowest BCUT2D eigenvalue weighted by Gasteiger charge is -2.37. The molecule has 5 aliphatic rings. The van der Waals surface area contributed by atoms with Gasteiger partial charge in [-0.2, -0.15) is 0 Å². The molecule has 34 heavy (non-hydrogen) atoms. The molecular weight excluding hydrogens is 434 g/mol. The summed E-state index contributed by atoms with van der Waals surface area (Å²) in [5.74, 6) is -0.618. The number of imide groups is 1. The van der Waals surface area contributed by atoms with Crippen LogP contribution in [0.15, 0.2) is 66.7 Å². The molecule has 7 atom stereocenters. The Morgan fingerprint density at radius 1 is 0.971 bits per heavy atom. The van der Waals surface area contributed by atoms with Crippen LogP contribution in [0.4, 0.5) is 11.4 Å². The van der Waals surface area contributed by atoms with Gasteiger partial charge in [0.2, 0.25) is 17.7 Å². The number of allylic oxidation sites excluding steroid dienone is 2. The van der Waals surface area contributed by atoms with Crippen molar-refractivity contribution < 1.29 is 19.3 Å². The van der Waals surface area contributed by atoms with Crippen molar-refractivity contribution in [3.05, 3.63) is 82.4 Å². The quantitative estimate of drug-likeness (QED) is 0.310. The minimum atomic E-state index is -1.00. The fourth-order valence-electron chi connectivity index (χ4n) is 6.32. The molecule has 0 aromatic heterocycles. The zero-order valence-electron chi connectivity index (χ0n) is 18.2. The summed E-state index contributed by atoms with van der Waals surface area (Å²) >= 11 is 0. The molecular formula is C26H23N3O5. The molecule has 8 nitrogen and oxygen atoms in total. The number of rotatable bonds is 6. The zero-order valence-corrected chi connectivity index (χ0v) is 18.2. The molecule has 4 aliphatic carbocycles. The second kappa shape index (κ2) is 7.62. The third-order valence-corrected chi connectivity index (χ3v) is 7.93. The van der Waals surface area contributed by atoms with Crippen molar-refractivity contribution in [2.45, 2.75) is 18.9 Å². The summed E-state index contributed by atoms with van der Waals surface area (Å²) in [4.78, 5) is 52.3. The minimum Gasteiger partial charge on any atom is -0.324 e. The molecule has 2 bridgehead atoms. The van der Waals surface area contributed by atoms with Crippen LogP contribution in [-0.2, 0) is 20.8 Å². The first-order valence-electron chi connectivity index (χ1n) is 11.6. The second-order valence-corrected chi connectivity index (χ2v) is 9.70. The van der Waals surface area contributed by atoms with Gasteiger partial charge in [0.25, 0.3) is 5.69 Å². The van der Waals surface area contributed by atoms with Crippen molar-refractivity contribution in [1.82, 2.24) is 4.90 Å². The predicted molar refractivity (Wildman–Crippen MR) is 122 cm³/mol. The summed E-state index contributed by atoms with van der Waals surface area (Å²) in [6, 6.07) is 13.8. The molecule has 0 radical (unpaired) electrons. The fourth-order valence-corrected chi connectivity index (χ4v) is 6.32. The lowest BCUT2D eigenvalue weighted by molar-refractivity contribution is -0.384. The van der Waals surface area contributed by atoms with Gasteiger partial charge >= 0.3 is 0 Å². The van der Waals surface area contributed by atoms with Gasteiger partial charge in [-0.25, -0.2) is 0 Å². The number of non-ortho nitro benzene ring substituents is 1. The Morgan fingerprint density at radius 2 is 1.56 bits per heavy atom. The molecule has 1 saturated heterocycles. The van der Waals surface area contributed by atoms with E-state index >= 15 is 0 Å². The van der Waals surface area contributed by atoms with E-state index in [2.05, 4.69) is 17.5 Å². The molecule has 3 fully saturated rings. The molecule has 7 rings (SSSR count). The highest BCUT2D eigenvalue weighted by molar-refractivity contribution is 6.10. The molecule has 8 heteroatoms. The number of nitro benzene ring substituents is 1. The second-order valence-electron chi connectivity index (χ2n) is 9.70. The van der Waals surface area contributed by atoms with E-state index in [1.54, 1.807) is 0 Å². The number of hydrogen-bond donors (Lipinski definition) is 1. The molecule has 0 unspecified atom stereocenters. The SMILES string of the molecule is O=C(Nc1ccc([N+](=O)[O-])cc1)[C@H](Cc1ccccc1)N1C(=O)[C@@H]2[C@H]3C=C[C@@H]([C@@H]4C[C@@H]34)[C@@H]2C1=O. The Hall–Kier alpha value is -3.81. The predicted octanol–water partition coefficient (Wildman–Crippen LogP) is 3.20. The molecule has 2 aromatic rings. The summed E-state index contributed by atoms with van der Waals surface area (Å²) in [7, 11) is 0. The normalized spacial score (nSPS) is 31.1. The van der Waals surface area contributed by atoms with E-state index in [0.717, 1.165) is 12.0 Å². The molecule has 1 heterocycles. The van der Waals surface area contributed by atoms with Gasteiger partial charge in [-0.3, -0.25) is 29.4 Å². The van der Waals surface area contributed by atoms with Crippen molar-refractivity contribution in [3.63, 3.8) is 0 Å². The number of nitro groups is 1. The van der Waals surface area contributed by atoms with Gasteiger partial charge in [-0.15, -0.1) is 0 Å². The Bertz CT molecular complexity index is 1190. The van der Waals surface area contributed by atoms with Gasteiger partial charge in [0.15, 0.2) is 0 Å². The monoisotopic (exact) mass is 457 g/mol. The van der Waals surface area contributed by atoms with Gasteiger partial charge in [-0.1, -0.05) is 42.5 Å². The number of nitrogens with zero attached hydrogens (tertiary/aromatic N) is 2. The highest BCUT2D eigenvalue weighted by Gasteiger charge is 2.67. The van der Waals surface area contributed by atoms with Crippen molar-refractivity contribution in [3.8, 4) is 0 Å². The standard InChI is InChI=1S/C26H23N3O5/c30-24(27-15-6-8-16(9-7-15)29(33)34)21(12-14-4-2-1-3-5-14)28-25(31)22-17-10-11-18(20-13-19(17)20)23(22)26(28)32/h1-11,17-23H,12-13H2,(H,27,30)/t17-,18-,19-,20-,21-,22-,23+/m0/s1. The number of carbonyl (C=O) groups is 3. The lowest BCUT2D eigenvalue weighted by atomic mass is 9.63. The van der Waals surface area contributed by atoms with Gasteiger partial charge < -0.3 is 5.32 Å². The maximum absolute atomic E-state index is 13.6. The number of likely N-dealkylation sites (tertiary alicyclic amines) is 1. The van der Waals surface area contributed by atoms with E-state index in [1.165, 1.54) is 29.2 Å². The highest BCUT2D eigenvalue weighted by atomic mass is 16.6. The fraction of sp³-hybridized carbons (Fsp3) is 0.346. The summed E-state index contributed by atoms with van der Waals surface area (Å²) < 4.78 is 0. The summed E-state index contributed by atoms with van der Waals surface area (Å²) in [5.41, 5.74) is 1.12. The molecule has 172 valence electrons. The number of carbonyl (C=O) groups excluding carboxylic acids is 3. The third kappa shape index (κ3) is 3.16. The van der Waals surface area contributed by atoms with Crippen LogP contribution < -0.4 is 5.32 Å². The van der Waals surface area contributed by atoms with E-state index in [9.17, 15) is 24.5 Å². The molecule has 2 aromatic carbocycles. The first kappa shape index (κ1) is 20.8. The number of benzene rings is 2. The van der Waals surface area contributed by atoms with Crippen LogP contribution in [0.3, 0.4) is 0 Å². The molecule has 0 spiro atoms. The number of nitrogens with one attached hydrogen (secondary N) is 1. The van der Waals surface area contributed by atoms with Gasteiger partial charge in [0.05, 0.1) is 16.8 Å². The maximum atomic E-state index is 13.6. The molecule has 1 N–H and O–H groups in total. The molecule has 2 saturated carbocycles. The minimum absolute atomic E-state index is 0.0801.